The predicted molar refractivity (Wildman–Crippen MR) is 74.7 cm³/mol. The summed E-state index contributed by atoms with van der Waals surface area (Å²) in [6.07, 6.45) is 6.84. The Labute approximate surface area is 115 Å². The van der Waals surface area contributed by atoms with Gasteiger partial charge >= 0.3 is 5.97 Å². The highest BCUT2D eigenvalue weighted by Crippen LogP contribution is 2.62. The minimum atomic E-state index is -0.0405. The molecule has 0 radical (unpaired) electrons. The van der Waals surface area contributed by atoms with Crippen molar-refractivity contribution in [1.29, 1.82) is 0 Å². The number of carbonyl (C=O) groups excluding carboxylic acids is 1. The SMILES string of the molecule is COC(=O)C[C@@]1(Cc2ccccc2)C[C@H]2CCC[C@H]21. The molecular formula is C17H22O2. The molecule has 0 aliphatic heterocycles. The van der Waals surface area contributed by atoms with Gasteiger partial charge in [0.05, 0.1) is 13.5 Å². The van der Waals surface area contributed by atoms with E-state index in [0.717, 1.165) is 18.3 Å². The summed E-state index contributed by atoms with van der Waals surface area (Å²) in [5.41, 5.74) is 1.53. The van der Waals surface area contributed by atoms with Crippen LogP contribution in [0.1, 0.15) is 37.7 Å². The molecule has 0 heterocycles. The third-order valence-corrected chi connectivity index (χ3v) is 5.24. The second-order valence-corrected chi connectivity index (χ2v) is 6.28. The van der Waals surface area contributed by atoms with Crippen molar-refractivity contribution in [3.63, 3.8) is 0 Å². The molecular weight excluding hydrogens is 236 g/mol. The number of hydrogen-bond donors (Lipinski definition) is 0. The van der Waals surface area contributed by atoms with Gasteiger partial charge in [-0.1, -0.05) is 43.2 Å². The molecule has 2 nitrogen and oxygen atoms in total. The van der Waals surface area contributed by atoms with Crippen molar-refractivity contribution in [2.75, 3.05) is 7.11 Å². The van der Waals surface area contributed by atoms with E-state index in [-0.39, 0.29) is 11.4 Å². The van der Waals surface area contributed by atoms with Crippen LogP contribution < -0.4 is 0 Å². The van der Waals surface area contributed by atoms with E-state index in [4.69, 9.17) is 4.74 Å². The van der Waals surface area contributed by atoms with Gasteiger partial charge in [-0.05, 0) is 42.1 Å². The van der Waals surface area contributed by atoms with Crippen LogP contribution in [0.25, 0.3) is 0 Å². The van der Waals surface area contributed by atoms with Gasteiger partial charge < -0.3 is 4.74 Å². The van der Waals surface area contributed by atoms with Crippen LogP contribution in [0.4, 0.5) is 0 Å². The Hall–Kier alpha value is -1.31. The summed E-state index contributed by atoms with van der Waals surface area (Å²) in [6, 6.07) is 10.6. The van der Waals surface area contributed by atoms with Gasteiger partial charge in [0.2, 0.25) is 0 Å². The molecule has 19 heavy (non-hydrogen) atoms. The fourth-order valence-electron chi connectivity index (χ4n) is 4.43. The zero-order valence-electron chi connectivity index (χ0n) is 11.6. The number of esters is 1. The summed E-state index contributed by atoms with van der Waals surface area (Å²) in [5.74, 6) is 1.57. The molecule has 0 spiro atoms. The van der Waals surface area contributed by atoms with E-state index in [0.29, 0.717) is 6.42 Å². The van der Waals surface area contributed by atoms with Crippen LogP contribution in [-0.2, 0) is 16.0 Å². The van der Waals surface area contributed by atoms with Crippen molar-refractivity contribution in [1.82, 2.24) is 0 Å². The highest BCUT2D eigenvalue weighted by atomic mass is 16.5. The van der Waals surface area contributed by atoms with Crippen LogP contribution in [-0.4, -0.2) is 13.1 Å². The van der Waals surface area contributed by atoms with Crippen LogP contribution in [0.15, 0.2) is 30.3 Å². The molecule has 3 rings (SSSR count). The third kappa shape index (κ3) is 2.29. The molecule has 2 aliphatic rings. The lowest BCUT2D eigenvalue weighted by Crippen LogP contribution is -2.48. The molecule has 0 saturated heterocycles. The van der Waals surface area contributed by atoms with Crippen LogP contribution >= 0.6 is 0 Å². The summed E-state index contributed by atoms with van der Waals surface area (Å²) in [5, 5.41) is 0. The molecule has 0 amide bonds. The van der Waals surface area contributed by atoms with Gasteiger partial charge in [-0.2, -0.15) is 0 Å². The number of benzene rings is 1. The molecule has 102 valence electrons. The van der Waals surface area contributed by atoms with E-state index in [9.17, 15) is 4.79 Å². The fourth-order valence-corrected chi connectivity index (χ4v) is 4.43. The summed E-state index contributed by atoms with van der Waals surface area (Å²) < 4.78 is 4.93. The summed E-state index contributed by atoms with van der Waals surface area (Å²) in [4.78, 5) is 11.8. The van der Waals surface area contributed by atoms with Gasteiger partial charge in [0.15, 0.2) is 0 Å². The van der Waals surface area contributed by atoms with Gasteiger partial charge in [0.25, 0.3) is 0 Å². The predicted octanol–water partition coefficient (Wildman–Crippen LogP) is 3.60. The number of carbonyl (C=O) groups is 1. The maximum Gasteiger partial charge on any atom is 0.306 e. The van der Waals surface area contributed by atoms with Gasteiger partial charge in [-0.3, -0.25) is 4.79 Å². The van der Waals surface area contributed by atoms with Gasteiger partial charge in [-0.15, -0.1) is 0 Å². The van der Waals surface area contributed by atoms with Crippen molar-refractivity contribution in [2.24, 2.45) is 17.3 Å². The number of fused-ring (bicyclic) bond motifs is 1. The van der Waals surface area contributed by atoms with Crippen molar-refractivity contribution >= 4 is 5.97 Å². The number of hydrogen-bond acceptors (Lipinski definition) is 2. The second-order valence-electron chi connectivity index (χ2n) is 6.28. The Morgan fingerprint density at radius 3 is 2.79 bits per heavy atom. The standard InChI is InChI=1S/C17H22O2/c1-19-16(18)12-17(10-13-6-3-2-4-7-13)11-14-8-5-9-15(14)17/h2-4,6-7,14-15H,5,8-12H2,1H3/t14-,15-,17-/m1/s1. The van der Waals surface area contributed by atoms with E-state index >= 15 is 0 Å². The maximum atomic E-state index is 11.8. The van der Waals surface area contributed by atoms with E-state index < -0.39 is 0 Å². The lowest BCUT2D eigenvalue weighted by Gasteiger charge is -2.53. The molecule has 2 fully saturated rings. The molecule has 2 aliphatic carbocycles. The average Bonchev–Trinajstić information content (AvgIpc) is 2.82. The lowest BCUT2D eigenvalue weighted by molar-refractivity contribution is -0.149. The Bertz CT molecular complexity index is 454. The highest BCUT2D eigenvalue weighted by molar-refractivity contribution is 5.70. The highest BCUT2D eigenvalue weighted by Gasteiger charge is 2.55. The molecule has 0 N–H and O–H groups in total. The molecule has 2 heteroatoms. The molecule has 1 aromatic rings. The number of methoxy groups -OCH3 is 1. The van der Waals surface area contributed by atoms with E-state index in [1.807, 2.05) is 0 Å². The Kier molecular flexibility index (Phi) is 3.34. The van der Waals surface area contributed by atoms with Crippen LogP contribution in [0.2, 0.25) is 0 Å². The first-order valence-corrected chi connectivity index (χ1v) is 7.34. The largest absolute Gasteiger partial charge is 0.469 e. The molecule has 3 atom stereocenters. The third-order valence-electron chi connectivity index (χ3n) is 5.24. The number of ether oxygens (including phenoxy) is 1. The zero-order valence-corrected chi connectivity index (χ0v) is 11.6. The Balaban J connectivity index is 1.79. The average molecular weight is 258 g/mol. The Morgan fingerprint density at radius 1 is 1.32 bits per heavy atom. The van der Waals surface area contributed by atoms with E-state index in [2.05, 4.69) is 30.3 Å². The van der Waals surface area contributed by atoms with Crippen LogP contribution in [0, 0.1) is 17.3 Å². The minimum Gasteiger partial charge on any atom is -0.469 e. The topological polar surface area (TPSA) is 26.3 Å². The quantitative estimate of drug-likeness (QED) is 0.771. The van der Waals surface area contributed by atoms with Gasteiger partial charge in [-0.25, -0.2) is 0 Å². The lowest BCUT2D eigenvalue weighted by atomic mass is 9.51. The monoisotopic (exact) mass is 258 g/mol. The second kappa shape index (κ2) is 4.99. The van der Waals surface area contributed by atoms with Crippen LogP contribution in [0.3, 0.4) is 0 Å². The van der Waals surface area contributed by atoms with Crippen LogP contribution in [0.5, 0.6) is 0 Å². The van der Waals surface area contributed by atoms with Crippen molar-refractivity contribution < 1.29 is 9.53 Å². The molecule has 0 aromatic heterocycles. The van der Waals surface area contributed by atoms with Gasteiger partial charge in [0.1, 0.15) is 0 Å². The molecule has 0 bridgehead atoms. The molecule has 2 saturated carbocycles. The fraction of sp³-hybridized carbons (Fsp3) is 0.588. The van der Waals surface area contributed by atoms with Crippen molar-refractivity contribution in [3.8, 4) is 0 Å². The molecule has 1 aromatic carbocycles. The van der Waals surface area contributed by atoms with Crippen molar-refractivity contribution in [2.45, 2.75) is 38.5 Å². The normalized spacial score (nSPS) is 32.5. The number of rotatable bonds is 4. The summed E-state index contributed by atoms with van der Waals surface area (Å²) >= 11 is 0. The van der Waals surface area contributed by atoms with Crippen molar-refractivity contribution in [3.05, 3.63) is 35.9 Å². The smallest absolute Gasteiger partial charge is 0.306 e. The first-order chi connectivity index (χ1) is 9.23. The summed E-state index contributed by atoms with van der Waals surface area (Å²) in [7, 11) is 1.50. The maximum absolute atomic E-state index is 11.8. The molecule has 0 unspecified atom stereocenters. The zero-order chi connectivity index (χ0) is 13.3. The first kappa shape index (κ1) is 12.7. The van der Waals surface area contributed by atoms with E-state index in [1.54, 1.807) is 0 Å². The Morgan fingerprint density at radius 2 is 2.11 bits per heavy atom. The van der Waals surface area contributed by atoms with Gasteiger partial charge in [0, 0.05) is 0 Å². The first-order valence-electron chi connectivity index (χ1n) is 7.34. The minimum absolute atomic E-state index is 0.0405. The van der Waals surface area contributed by atoms with E-state index in [1.165, 1.54) is 38.4 Å². The summed E-state index contributed by atoms with van der Waals surface area (Å²) in [6.45, 7) is 0.